The van der Waals surface area contributed by atoms with Gasteiger partial charge in [0.25, 0.3) is 0 Å². The Labute approximate surface area is 148 Å². The first-order valence-electron chi connectivity index (χ1n) is 7.10. The second-order valence-corrected chi connectivity index (χ2v) is 5.85. The minimum atomic E-state index is -0.312. The van der Waals surface area contributed by atoms with Gasteiger partial charge in [-0.15, -0.1) is 0 Å². The standard InChI is InChI=1S/C17H13Cl2FN4/c1-11-16(10-21-22-14-6-2-12(18)3-7-14)17(19)24(23-11)15-8-4-13(20)5-9-15/h2-10,22H,1H3/b21-10-. The second-order valence-electron chi connectivity index (χ2n) is 5.06. The van der Waals surface area contributed by atoms with Crippen molar-refractivity contribution in [1.29, 1.82) is 0 Å². The van der Waals surface area contributed by atoms with Gasteiger partial charge < -0.3 is 0 Å². The van der Waals surface area contributed by atoms with Crippen molar-refractivity contribution in [2.24, 2.45) is 5.10 Å². The van der Waals surface area contributed by atoms with E-state index in [4.69, 9.17) is 23.2 Å². The molecule has 0 saturated heterocycles. The van der Waals surface area contributed by atoms with Gasteiger partial charge in [-0.25, -0.2) is 9.07 Å². The highest BCUT2D eigenvalue weighted by Crippen LogP contribution is 2.22. The van der Waals surface area contributed by atoms with E-state index in [-0.39, 0.29) is 5.82 Å². The number of aryl methyl sites for hydroxylation is 1. The van der Waals surface area contributed by atoms with Crippen LogP contribution in [0.1, 0.15) is 11.3 Å². The zero-order valence-electron chi connectivity index (χ0n) is 12.7. The molecule has 1 aromatic heterocycles. The number of hydrazone groups is 1. The van der Waals surface area contributed by atoms with Gasteiger partial charge in [0.05, 0.1) is 28.8 Å². The Kier molecular flexibility index (Phi) is 4.83. The second kappa shape index (κ2) is 7.03. The summed E-state index contributed by atoms with van der Waals surface area (Å²) in [5.74, 6) is -0.312. The third kappa shape index (κ3) is 3.58. The molecule has 0 saturated carbocycles. The molecule has 1 N–H and O–H groups in total. The fourth-order valence-electron chi connectivity index (χ4n) is 2.11. The average Bonchev–Trinajstić information content (AvgIpc) is 2.85. The number of hydrogen-bond acceptors (Lipinski definition) is 3. The number of hydrogen-bond donors (Lipinski definition) is 1. The van der Waals surface area contributed by atoms with E-state index < -0.39 is 0 Å². The number of aromatic nitrogens is 2. The largest absolute Gasteiger partial charge is 0.279 e. The van der Waals surface area contributed by atoms with Crippen LogP contribution in [-0.2, 0) is 0 Å². The van der Waals surface area contributed by atoms with E-state index in [0.29, 0.717) is 27.1 Å². The fraction of sp³-hybridized carbons (Fsp3) is 0.0588. The maximum Gasteiger partial charge on any atom is 0.142 e. The Morgan fingerprint density at radius 2 is 1.75 bits per heavy atom. The maximum absolute atomic E-state index is 13.0. The summed E-state index contributed by atoms with van der Waals surface area (Å²) >= 11 is 12.2. The fourth-order valence-corrected chi connectivity index (χ4v) is 2.55. The van der Waals surface area contributed by atoms with Crippen molar-refractivity contribution in [3.05, 3.63) is 75.8 Å². The summed E-state index contributed by atoms with van der Waals surface area (Å²) < 4.78 is 14.6. The molecule has 0 amide bonds. The highest BCUT2D eigenvalue weighted by Gasteiger charge is 2.13. The van der Waals surface area contributed by atoms with Crippen molar-refractivity contribution in [2.45, 2.75) is 6.92 Å². The first kappa shape index (κ1) is 16.5. The third-order valence-electron chi connectivity index (χ3n) is 3.35. The highest BCUT2D eigenvalue weighted by atomic mass is 35.5. The summed E-state index contributed by atoms with van der Waals surface area (Å²) in [6.45, 7) is 1.83. The molecule has 0 bridgehead atoms. The normalized spacial score (nSPS) is 11.2. The lowest BCUT2D eigenvalue weighted by Crippen LogP contribution is -1.97. The van der Waals surface area contributed by atoms with Gasteiger partial charge in [0.1, 0.15) is 11.0 Å². The van der Waals surface area contributed by atoms with E-state index >= 15 is 0 Å². The Hall–Kier alpha value is -2.37. The molecule has 0 atom stereocenters. The zero-order valence-corrected chi connectivity index (χ0v) is 14.2. The van der Waals surface area contributed by atoms with Crippen LogP contribution in [0.5, 0.6) is 0 Å². The number of benzene rings is 2. The van der Waals surface area contributed by atoms with Gasteiger partial charge in [-0.2, -0.15) is 10.2 Å². The van der Waals surface area contributed by atoms with Crippen molar-refractivity contribution >= 4 is 35.1 Å². The first-order valence-corrected chi connectivity index (χ1v) is 7.86. The molecule has 7 heteroatoms. The van der Waals surface area contributed by atoms with Crippen LogP contribution >= 0.6 is 23.2 Å². The Bertz CT molecular complexity index is 871. The molecule has 4 nitrogen and oxygen atoms in total. The minimum Gasteiger partial charge on any atom is -0.279 e. The summed E-state index contributed by atoms with van der Waals surface area (Å²) in [6.07, 6.45) is 1.60. The van der Waals surface area contributed by atoms with Gasteiger partial charge in [-0.05, 0) is 55.5 Å². The number of anilines is 1. The third-order valence-corrected chi connectivity index (χ3v) is 3.97. The maximum atomic E-state index is 13.0. The number of rotatable bonds is 4. The van der Waals surface area contributed by atoms with E-state index in [2.05, 4.69) is 15.6 Å². The molecule has 1 heterocycles. The van der Waals surface area contributed by atoms with E-state index in [0.717, 1.165) is 5.69 Å². The van der Waals surface area contributed by atoms with Gasteiger partial charge in [0, 0.05) is 5.02 Å². The summed E-state index contributed by atoms with van der Waals surface area (Å²) in [7, 11) is 0. The molecule has 0 unspecified atom stereocenters. The van der Waals surface area contributed by atoms with Crippen LogP contribution < -0.4 is 5.43 Å². The summed E-state index contributed by atoms with van der Waals surface area (Å²) in [4.78, 5) is 0. The lowest BCUT2D eigenvalue weighted by Gasteiger charge is -2.02. The van der Waals surface area contributed by atoms with Crippen molar-refractivity contribution in [1.82, 2.24) is 9.78 Å². The molecule has 0 radical (unpaired) electrons. The Balaban J connectivity index is 1.82. The molecule has 0 aliphatic heterocycles. The number of halogens is 3. The van der Waals surface area contributed by atoms with Gasteiger partial charge in [0.2, 0.25) is 0 Å². The smallest absolute Gasteiger partial charge is 0.142 e. The van der Waals surface area contributed by atoms with Crippen LogP contribution in [0.25, 0.3) is 5.69 Å². The predicted octanol–water partition coefficient (Wildman–Crippen LogP) is 5.07. The van der Waals surface area contributed by atoms with Crippen LogP contribution in [0.2, 0.25) is 10.2 Å². The predicted molar refractivity (Wildman–Crippen MR) is 95.9 cm³/mol. The molecular formula is C17H13Cl2FN4. The topological polar surface area (TPSA) is 42.2 Å². The Morgan fingerprint density at radius 3 is 2.42 bits per heavy atom. The van der Waals surface area contributed by atoms with Gasteiger partial charge >= 0.3 is 0 Å². The summed E-state index contributed by atoms with van der Waals surface area (Å²) in [5, 5.41) is 9.60. The number of nitrogens with zero attached hydrogens (tertiary/aromatic N) is 3. The van der Waals surface area contributed by atoms with Crippen LogP contribution in [0, 0.1) is 12.7 Å². The zero-order chi connectivity index (χ0) is 17.1. The molecule has 0 spiro atoms. The monoisotopic (exact) mass is 362 g/mol. The molecule has 24 heavy (non-hydrogen) atoms. The molecule has 2 aromatic carbocycles. The lowest BCUT2D eigenvalue weighted by molar-refractivity contribution is 0.627. The molecule has 0 fully saturated rings. The average molecular weight is 363 g/mol. The van der Waals surface area contributed by atoms with Crippen LogP contribution in [0.15, 0.2) is 53.6 Å². The van der Waals surface area contributed by atoms with E-state index in [1.54, 1.807) is 35.2 Å². The molecule has 122 valence electrons. The summed E-state index contributed by atoms with van der Waals surface area (Å²) in [6, 6.07) is 13.1. The first-order chi connectivity index (χ1) is 11.5. The van der Waals surface area contributed by atoms with Gasteiger partial charge in [-0.3, -0.25) is 5.43 Å². The Morgan fingerprint density at radius 1 is 1.08 bits per heavy atom. The van der Waals surface area contributed by atoms with E-state index in [9.17, 15) is 4.39 Å². The molecule has 0 aliphatic rings. The van der Waals surface area contributed by atoms with Crippen molar-refractivity contribution < 1.29 is 4.39 Å². The summed E-state index contributed by atoms with van der Waals surface area (Å²) in [5.41, 5.74) is 5.77. The van der Waals surface area contributed by atoms with Crippen LogP contribution in [0.4, 0.5) is 10.1 Å². The van der Waals surface area contributed by atoms with E-state index in [1.165, 1.54) is 12.1 Å². The van der Waals surface area contributed by atoms with Crippen molar-refractivity contribution in [3.8, 4) is 5.69 Å². The molecule has 0 aliphatic carbocycles. The van der Waals surface area contributed by atoms with Gasteiger partial charge in [0.15, 0.2) is 0 Å². The molecule has 3 rings (SSSR count). The van der Waals surface area contributed by atoms with Crippen molar-refractivity contribution in [3.63, 3.8) is 0 Å². The van der Waals surface area contributed by atoms with Crippen molar-refractivity contribution in [2.75, 3.05) is 5.43 Å². The molecular weight excluding hydrogens is 350 g/mol. The SMILES string of the molecule is Cc1nn(-c2ccc(F)cc2)c(Cl)c1/C=N\Nc1ccc(Cl)cc1. The highest BCUT2D eigenvalue weighted by molar-refractivity contribution is 6.32. The van der Waals surface area contributed by atoms with E-state index in [1.807, 2.05) is 19.1 Å². The quantitative estimate of drug-likeness (QED) is 0.519. The van der Waals surface area contributed by atoms with Crippen LogP contribution in [-0.4, -0.2) is 16.0 Å². The minimum absolute atomic E-state index is 0.312. The molecule has 3 aromatic rings. The van der Waals surface area contributed by atoms with Gasteiger partial charge in [-0.1, -0.05) is 23.2 Å². The number of nitrogens with one attached hydrogen (secondary N) is 1. The lowest BCUT2D eigenvalue weighted by atomic mass is 10.3. The van der Waals surface area contributed by atoms with Crippen LogP contribution in [0.3, 0.4) is 0 Å².